The number of aryl methyl sites for hydroxylation is 1. The van der Waals surface area contributed by atoms with E-state index < -0.39 is 9.84 Å². The van der Waals surface area contributed by atoms with E-state index in [0.717, 1.165) is 31.4 Å². The molecule has 1 saturated heterocycles. The van der Waals surface area contributed by atoms with Gasteiger partial charge in [0.2, 0.25) is 0 Å². The Labute approximate surface area is 120 Å². The van der Waals surface area contributed by atoms with E-state index in [1.54, 1.807) is 7.11 Å². The lowest BCUT2D eigenvalue weighted by atomic mass is 10.1. The average Bonchev–Trinajstić information content (AvgIpc) is 2.98. The van der Waals surface area contributed by atoms with Crippen molar-refractivity contribution in [1.29, 1.82) is 0 Å². The summed E-state index contributed by atoms with van der Waals surface area (Å²) >= 11 is 0. The molecule has 20 heavy (non-hydrogen) atoms. The summed E-state index contributed by atoms with van der Waals surface area (Å²) in [6.45, 7) is 0.573. The van der Waals surface area contributed by atoms with Crippen molar-refractivity contribution in [2.75, 3.05) is 19.4 Å². The number of ether oxygens (including phenoxy) is 1. The maximum absolute atomic E-state index is 11.9. The molecule has 0 spiro atoms. The van der Waals surface area contributed by atoms with Gasteiger partial charge in [0.1, 0.15) is 5.75 Å². The van der Waals surface area contributed by atoms with E-state index >= 15 is 0 Å². The van der Waals surface area contributed by atoms with Gasteiger partial charge in [-0.2, -0.15) is 0 Å². The first-order valence-corrected chi connectivity index (χ1v) is 8.93. The molecule has 2 unspecified atom stereocenters. The van der Waals surface area contributed by atoms with Gasteiger partial charge in [0.15, 0.2) is 9.84 Å². The second kappa shape index (κ2) is 5.37. The fraction of sp³-hybridized carbons (Fsp3) is 0.600. The minimum Gasteiger partial charge on any atom is -0.497 e. The third-order valence-corrected chi connectivity index (χ3v) is 6.76. The van der Waals surface area contributed by atoms with Crippen LogP contribution in [0.3, 0.4) is 0 Å². The Morgan fingerprint density at radius 3 is 2.90 bits per heavy atom. The third kappa shape index (κ3) is 2.56. The Kier molecular flexibility index (Phi) is 3.73. The molecular weight excluding hydrogens is 274 g/mol. The van der Waals surface area contributed by atoms with Crippen LogP contribution < -0.4 is 10.1 Å². The molecule has 5 heteroatoms. The molecule has 1 N–H and O–H groups in total. The van der Waals surface area contributed by atoms with Crippen molar-refractivity contribution in [3.8, 4) is 5.75 Å². The molecule has 110 valence electrons. The Bertz CT molecular complexity index is 597. The van der Waals surface area contributed by atoms with Crippen LogP contribution in [0.25, 0.3) is 0 Å². The summed E-state index contributed by atoms with van der Waals surface area (Å²) in [4.78, 5) is 0. The lowest BCUT2D eigenvalue weighted by Crippen LogP contribution is -2.32. The Hall–Kier alpha value is -1.07. The summed E-state index contributed by atoms with van der Waals surface area (Å²) < 4.78 is 29.0. The molecule has 0 amide bonds. The zero-order chi connectivity index (χ0) is 14.2. The van der Waals surface area contributed by atoms with E-state index in [1.807, 2.05) is 6.07 Å². The summed E-state index contributed by atoms with van der Waals surface area (Å²) in [5.41, 5.74) is 2.61. The van der Waals surface area contributed by atoms with Crippen molar-refractivity contribution in [1.82, 2.24) is 5.32 Å². The molecular formula is C15H21NO3S. The first-order chi connectivity index (χ1) is 9.60. The monoisotopic (exact) mass is 295 g/mol. The molecule has 0 saturated carbocycles. The summed E-state index contributed by atoms with van der Waals surface area (Å²) in [6, 6.07) is 6.43. The molecule has 0 radical (unpaired) electrons. The van der Waals surface area contributed by atoms with Crippen molar-refractivity contribution < 1.29 is 13.2 Å². The normalized spacial score (nSPS) is 27.4. The molecule has 1 aliphatic heterocycles. The highest BCUT2D eigenvalue weighted by atomic mass is 32.2. The maximum Gasteiger partial charge on any atom is 0.154 e. The zero-order valence-corrected chi connectivity index (χ0v) is 12.6. The van der Waals surface area contributed by atoms with E-state index in [2.05, 4.69) is 17.4 Å². The predicted molar refractivity (Wildman–Crippen MR) is 78.9 cm³/mol. The van der Waals surface area contributed by atoms with Crippen LogP contribution in [0.5, 0.6) is 5.75 Å². The van der Waals surface area contributed by atoms with Crippen molar-refractivity contribution in [2.24, 2.45) is 0 Å². The standard InChI is InChI=1S/C15H21NO3S/c1-19-12-6-4-11-5-7-15(14(11)9-12)16-10-13-3-2-8-20(13,17)18/h4,6,9,13,15-16H,2-3,5,7-8,10H2,1H3. The van der Waals surface area contributed by atoms with Gasteiger partial charge in [-0.15, -0.1) is 0 Å². The van der Waals surface area contributed by atoms with Gasteiger partial charge in [-0.3, -0.25) is 0 Å². The topological polar surface area (TPSA) is 55.4 Å². The van der Waals surface area contributed by atoms with Gasteiger partial charge in [0, 0.05) is 12.6 Å². The molecule has 0 bridgehead atoms. The lowest BCUT2D eigenvalue weighted by molar-refractivity contribution is 0.413. The molecule has 2 aliphatic rings. The Balaban J connectivity index is 1.69. The molecule has 3 rings (SSSR count). The molecule has 1 aromatic rings. The van der Waals surface area contributed by atoms with Crippen molar-refractivity contribution in [2.45, 2.75) is 37.0 Å². The number of methoxy groups -OCH3 is 1. The summed E-state index contributed by atoms with van der Waals surface area (Å²) in [5.74, 6) is 1.22. The van der Waals surface area contributed by atoms with Crippen LogP contribution in [0.1, 0.15) is 36.4 Å². The molecule has 1 heterocycles. The van der Waals surface area contributed by atoms with Crippen molar-refractivity contribution >= 4 is 9.84 Å². The maximum atomic E-state index is 11.9. The van der Waals surface area contributed by atoms with Crippen LogP contribution in [0.2, 0.25) is 0 Å². The van der Waals surface area contributed by atoms with Crippen LogP contribution in [-0.4, -0.2) is 33.1 Å². The van der Waals surface area contributed by atoms with Gasteiger partial charge in [0.25, 0.3) is 0 Å². The van der Waals surface area contributed by atoms with Crippen molar-refractivity contribution in [3.05, 3.63) is 29.3 Å². The predicted octanol–water partition coefficient (Wildman–Crippen LogP) is 1.85. The number of benzene rings is 1. The highest BCUT2D eigenvalue weighted by Crippen LogP contribution is 2.34. The van der Waals surface area contributed by atoms with Gasteiger partial charge in [-0.25, -0.2) is 8.42 Å². The second-order valence-electron chi connectivity index (χ2n) is 5.70. The fourth-order valence-corrected chi connectivity index (χ4v) is 5.06. The van der Waals surface area contributed by atoms with E-state index in [9.17, 15) is 8.42 Å². The minimum absolute atomic E-state index is 0.197. The van der Waals surface area contributed by atoms with E-state index in [1.165, 1.54) is 11.1 Å². The summed E-state index contributed by atoms with van der Waals surface area (Å²) in [6.07, 6.45) is 3.69. The van der Waals surface area contributed by atoms with Crippen LogP contribution in [0.4, 0.5) is 0 Å². The smallest absolute Gasteiger partial charge is 0.154 e. The minimum atomic E-state index is -2.86. The van der Waals surface area contributed by atoms with Crippen LogP contribution in [0.15, 0.2) is 18.2 Å². The first-order valence-electron chi connectivity index (χ1n) is 7.22. The van der Waals surface area contributed by atoms with E-state index in [-0.39, 0.29) is 11.3 Å². The SMILES string of the molecule is COc1ccc2c(c1)C(NCC1CCCS1(=O)=O)CC2. The lowest BCUT2D eigenvalue weighted by Gasteiger charge is -2.17. The third-order valence-electron chi connectivity index (χ3n) is 4.49. The largest absolute Gasteiger partial charge is 0.497 e. The first kappa shape index (κ1) is 13.9. The Morgan fingerprint density at radius 2 is 2.20 bits per heavy atom. The quantitative estimate of drug-likeness (QED) is 0.921. The highest BCUT2D eigenvalue weighted by molar-refractivity contribution is 7.92. The van der Waals surface area contributed by atoms with Gasteiger partial charge < -0.3 is 10.1 Å². The molecule has 0 aromatic heterocycles. The summed E-state index contributed by atoms with van der Waals surface area (Å²) in [7, 11) is -1.19. The molecule has 1 aromatic carbocycles. The van der Waals surface area contributed by atoms with Gasteiger partial charge in [-0.05, 0) is 48.9 Å². The number of rotatable bonds is 4. The number of sulfone groups is 1. The number of hydrogen-bond donors (Lipinski definition) is 1. The van der Waals surface area contributed by atoms with E-state index in [4.69, 9.17) is 4.74 Å². The number of hydrogen-bond acceptors (Lipinski definition) is 4. The number of nitrogens with one attached hydrogen (secondary N) is 1. The van der Waals surface area contributed by atoms with E-state index in [0.29, 0.717) is 12.3 Å². The van der Waals surface area contributed by atoms with Crippen molar-refractivity contribution in [3.63, 3.8) is 0 Å². The second-order valence-corrected chi connectivity index (χ2v) is 8.10. The molecule has 1 fully saturated rings. The molecule has 4 nitrogen and oxygen atoms in total. The zero-order valence-electron chi connectivity index (χ0n) is 11.8. The van der Waals surface area contributed by atoms with Gasteiger partial charge in [-0.1, -0.05) is 6.07 Å². The molecule has 1 aliphatic carbocycles. The Morgan fingerprint density at radius 1 is 1.35 bits per heavy atom. The van der Waals surface area contributed by atoms with Crippen LogP contribution in [0, 0.1) is 0 Å². The molecule has 2 atom stereocenters. The van der Waals surface area contributed by atoms with Crippen LogP contribution in [-0.2, 0) is 16.3 Å². The summed E-state index contributed by atoms with van der Waals surface area (Å²) in [5, 5.41) is 3.25. The fourth-order valence-electron chi connectivity index (χ4n) is 3.28. The number of fused-ring (bicyclic) bond motifs is 1. The van der Waals surface area contributed by atoms with Gasteiger partial charge in [0.05, 0.1) is 18.1 Å². The average molecular weight is 295 g/mol. The van der Waals surface area contributed by atoms with Gasteiger partial charge >= 0.3 is 0 Å². The van der Waals surface area contributed by atoms with Crippen LogP contribution >= 0.6 is 0 Å². The highest BCUT2D eigenvalue weighted by Gasteiger charge is 2.32.